The van der Waals surface area contributed by atoms with Gasteiger partial charge in [-0.05, 0) is 43.0 Å². The molecule has 0 fully saturated rings. The number of aromatic hydroxyl groups is 1. The Bertz CT molecular complexity index is 820. The quantitative estimate of drug-likeness (QED) is 0.447. The monoisotopic (exact) mass is 456 g/mol. The number of urea groups is 1. The average molecular weight is 456 g/mol. The van der Waals surface area contributed by atoms with E-state index in [0.29, 0.717) is 6.54 Å². The van der Waals surface area contributed by atoms with Gasteiger partial charge >= 0.3 is 19.6 Å². The number of phenolic OH excluding ortho intramolecular Hbond substituents is 1. The van der Waals surface area contributed by atoms with Gasteiger partial charge < -0.3 is 28.7 Å². The number of carbonyl (C=O) groups is 2. The Kier molecular flexibility index (Phi) is 8.91. The van der Waals surface area contributed by atoms with E-state index in [4.69, 9.17) is 13.8 Å². The molecule has 1 aromatic rings. The molecule has 0 bridgehead atoms. The second kappa shape index (κ2) is 11.0. The van der Waals surface area contributed by atoms with Gasteiger partial charge in [-0.2, -0.15) is 0 Å². The second-order valence-corrected chi connectivity index (χ2v) is 9.83. The summed E-state index contributed by atoms with van der Waals surface area (Å²) in [4.78, 5) is 28.9. The van der Waals surface area contributed by atoms with Gasteiger partial charge in [0.2, 0.25) is 0 Å². The highest BCUT2D eigenvalue weighted by Crippen LogP contribution is 2.48. The Balaban J connectivity index is 2.39. The van der Waals surface area contributed by atoms with Crippen molar-refractivity contribution in [2.24, 2.45) is 5.92 Å². The third kappa shape index (κ3) is 6.45. The Labute approximate surface area is 183 Å². The van der Waals surface area contributed by atoms with Crippen molar-refractivity contribution in [1.82, 2.24) is 9.80 Å². The zero-order valence-electron chi connectivity index (χ0n) is 18.9. The Morgan fingerprint density at radius 3 is 2.42 bits per heavy atom. The summed E-state index contributed by atoms with van der Waals surface area (Å²) in [5.41, 5.74) is 1.61. The van der Waals surface area contributed by atoms with Gasteiger partial charge in [-0.3, -0.25) is 4.57 Å². The number of fused-ring (bicyclic) bond motifs is 1. The van der Waals surface area contributed by atoms with Crippen molar-refractivity contribution in [2.45, 2.75) is 46.7 Å². The normalized spacial score (nSPS) is 16.2. The largest absolute Gasteiger partial charge is 0.508 e. The van der Waals surface area contributed by atoms with Gasteiger partial charge in [0.15, 0.2) is 0 Å². The highest BCUT2D eigenvalue weighted by molar-refractivity contribution is 7.53. The summed E-state index contributed by atoms with van der Waals surface area (Å²) in [6.07, 6.45) is 0.0428. The van der Waals surface area contributed by atoms with Gasteiger partial charge in [-0.15, -0.1) is 0 Å². The number of hydrogen-bond acceptors (Lipinski definition) is 7. The first-order chi connectivity index (χ1) is 14.6. The van der Waals surface area contributed by atoms with Crippen LogP contribution in [0, 0.1) is 5.92 Å². The van der Waals surface area contributed by atoms with Gasteiger partial charge in [0.1, 0.15) is 18.1 Å². The molecule has 174 valence electrons. The molecule has 1 aliphatic heterocycles. The molecule has 0 unspecified atom stereocenters. The molecule has 2 amide bonds. The second-order valence-electron chi connectivity index (χ2n) is 7.81. The van der Waals surface area contributed by atoms with Crippen LogP contribution in [0.5, 0.6) is 5.75 Å². The third-order valence-corrected chi connectivity index (χ3v) is 6.88. The van der Waals surface area contributed by atoms with Crippen LogP contribution in [-0.2, 0) is 36.1 Å². The molecule has 0 spiro atoms. The van der Waals surface area contributed by atoms with Crippen molar-refractivity contribution in [3.05, 3.63) is 29.3 Å². The lowest BCUT2D eigenvalue weighted by Gasteiger charge is -2.39. The minimum absolute atomic E-state index is 0.0818. The van der Waals surface area contributed by atoms with Crippen molar-refractivity contribution in [1.29, 1.82) is 0 Å². The van der Waals surface area contributed by atoms with Crippen molar-refractivity contribution >= 4 is 19.6 Å². The van der Waals surface area contributed by atoms with E-state index in [1.165, 1.54) is 16.9 Å². The van der Waals surface area contributed by atoms with Gasteiger partial charge in [0.25, 0.3) is 0 Å². The smallest absolute Gasteiger partial charge is 0.349 e. The molecule has 9 nitrogen and oxygen atoms in total. The first-order valence-electron chi connectivity index (χ1n) is 10.5. The number of phenols is 1. The fourth-order valence-electron chi connectivity index (χ4n) is 3.66. The summed E-state index contributed by atoms with van der Waals surface area (Å²) in [6, 6.07) is 3.59. The molecule has 31 heavy (non-hydrogen) atoms. The standard InChI is InChI=1S/C21H33N2O7P/c1-6-29-31(27,30-7-2)14-22(12-15(3)4)21(26)23-13-17-10-18(24)9-8-16(17)11-19(23)20(25)28-5/h8-10,15,19,24H,6-7,11-14H2,1-5H3/t19-/m0/s1. The molecule has 1 atom stereocenters. The van der Waals surface area contributed by atoms with E-state index >= 15 is 0 Å². The molecule has 1 aliphatic rings. The molecule has 10 heteroatoms. The number of methoxy groups -OCH3 is 1. The van der Waals surface area contributed by atoms with Crippen LogP contribution in [0.15, 0.2) is 18.2 Å². The van der Waals surface area contributed by atoms with Crippen molar-refractivity contribution in [2.75, 3.05) is 33.2 Å². The molecule has 0 saturated heterocycles. The fraction of sp³-hybridized carbons (Fsp3) is 0.619. The molecule has 0 saturated carbocycles. The Morgan fingerprint density at radius 2 is 1.87 bits per heavy atom. The summed E-state index contributed by atoms with van der Waals surface area (Å²) in [6.45, 7) is 8.08. The zero-order chi connectivity index (χ0) is 23.2. The molecular weight excluding hydrogens is 423 g/mol. The highest BCUT2D eigenvalue weighted by Gasteiger charge is 2.40. The highest BCUT2D eigenvalue weighted by atomic mass is 31.2. The first kappa shape index (κ1) is 25.2. The number of rotatable bonds is 9. The summed E-state index contributed by atoms with van der Waals surface area (Å²) in [7, 11) is -2.26. The van der Waals surface area contributed by atoms with Gasteiger partial charge in [0, 0.05) is 19.5 Å². The number of nitrogens with zero attached hydrogens (tertiary/aromatic N) is 2. The molecular formula is C21H33N2O7P. The molecule has 0 radical (unpaired) electrons. The van der Waals surface area contributed by atoms with E-state index in [0.717, 1.165) is 11.1 Å². The predicted octanol–water partition coefficient (Wildman–Crippen LogP) is 3.59. The van der Waals surface area contributed by atoms with E-state index < -0.39 is 25.6 Å². The molecule has 1 heterocycles. The lowest BCUT2D eigenvalue weighted by Crippen LogP contribution is -2.54. The van der Waals surface area contributed by atoms with Crippen LogP contribution >= 0.6 is 7.60 Å². The van der Waals surface area contributed by atoms with Crippen LogP contribution in [0.3, 0.4) is 0 Å². The maximum absolute atomic E-state index is 13.6. The number of ether oxygens (including phenoxy) is 1. The minimum atomic E-state index is -3.54. The zero-order valence-corrected chi connectivity index (χ0v) is 19.8. The lowest BCUT2D eigenvalue weighted by atomic mass is 9.94. The summed E-state index contributed by atoms with van der Waals surface area (Å²) in [5.74, 6) is -0.369. The van der Waals surface area contributed by atoms with E-state index in [1.54, 1.807) is 32.0 Å². The average Bonchev–Trinajstić information content (AvgIpc) is 2.71. The molecule has 0 aliphatic carbocycles. The maximum Gasteiger partial charge on any atom is 0.349 e. The van der Waals surface area contributed by atoms with Gasteiger partial charge in [0.05, 0.1) is 20.3 Å². The molecule has 2 rings (SSSR count). The van der Waals surface area contributed by atoms with Crippen LogP contribution in [0.25, 0.3) is 0 Å². The number of hydrogen-bond donors (Lipinski definition) is 1. The van der Waals surface area contributed by atoms with Crippen LogP contribution in [-0.4, -0.2) is 66.1 Å². The summed E-state index contributed by atoms with van der Waals surface area (Å²) >= 11 is 0. The molecule has 1 N–H and O–H groups in total. The van der Waals surface area contributed by atoms with E-state index in [2.05, 4.69) is 0 Å². The van der Waals surface area contributed by atoms with Crippen molar-refractivity contribution in [3.8, 4) is 5.75 Å². The fourth-order valence-corrected chi connectivity index (χ4v) is 5.34. The van der Waals surface area contributed by atoms with Crippen LogP contribution < -0.4 is 0 Å². The Hall–Kier alpha value is -2.09. The van der Waals surface area contributed by atoms with Crippen molar-refractivity contribution in [3.63, 3.8) is 0 Å². The number of amides is 2. The minimum Gasteiger partial charge on any atom is -0.508 e. The van der Waals surface area contributed by atoms with Gasteiger partial charge in [-0.25, -0.2) is 9.59 Å². The number of benzene rings is 1. The van der Waals surface area contributed by atoms with E-state index in [9.17, 15) is 19.3 Å². The molecule has 0 aromatic heterocycles. The number of carbonyl (C=O) groups excluding carboxylic acids is 2. The summed E-state index contributed by atoms with van der Waals surface area (Å²) < 4.78 is 28.8. The van der Waals surface area contributed by atoms with E-state index in [-0.39, 0.29) is 44.1 Å². The maximum atomic E-state index is 13.6. The van der Waals surface area contributed by atoms with Gasteiger partial charge in [-0.1, -0.05) is 19.9 Å². The topological polar surface area (TPSA) is 106 Å². The first-order valence-corrected chi connectivity index (χ1v) is 12.2. The van der Waals surface area contributed by atoms with Crippen LogP contribution in [0.1, 0.15) is 38.8 Å². The van der Waals surface area contributed by atoms with Crippen LogP contribution in [0.2, 0.25) is 0 Å². The number of esters is 1. The predicted molar refractivity (Wildman–Crippen MR) is 116 cm³/mol. The van der Waals surface area contributed by atoms with E-state index in [1.807, 2.05) is 13.8 Å². The van der Waals surface area contributed by atoms with Crippen LogP contribution in [0.4, 0.5) is 4.79 Å². The Morgan fingerprint density at radius 1 is 1.23 bits per heavy atom. The van der Waals surface area contributed by atoms with Crippen molar-refractivity contribution < 1.29 is 33.0 Å². The third-order valence-electron chi connectivity index (χ3n) is 4.89. The SMILES string of the molecule is CCOP(=O)(CN(CC(C)C)C(=O)N1Cc2cc(O)ccc2C[C@H]1C(=O)OC)OCC. The summed E-state index contributed by atoms with van der Waals surface area (Å²) in [5, 5.41) is 9.86. The lowest BCUT2D eigenvalue weighted by molar-refractivity contribution is -0.146. The molecule has 1 aromatic carbocycles.